The van der Waals surface area contributed by atoms with E-state index in [4.69, 9.17) is 16.7 Å². The summed E-state index contributed by atoms with van der Waals surface area (Å²) in [6.07, 6.45) is 0. The molecule has 18 heavy (non-hydrogen) atoms. The van der Waals surface area contributed by atoms with Crippen molar-refractivity contribution in [2.75, 3.05) is 0 Å². The Labute approximate surface area is 106 Å². The Morgan fingerprint density at radius 2 is 1.78 bits per heavy atom. The molecule has 2 aromatic carbocycles. The zero-order chi connectivity index (χ0) is 13.3. The zero-order valence-electron chi connectivity index (χ0n) is 8.95. The summed E-state index contributed by atoms with van der Waals surface area (Å²) in [6, 6.07) is 6.96. The SMILES string of the molecule is O=C(O)c1ccc(Cl)c(-c2ccc(F)cc2F)c1. The van der Waals surface area contributed by atoms with Gasteiger partial charge >= 0.3 is 5.97 Å². The molecule has 0 saturated heterocycles. The normalized spacial score (nSPS) is 10.4. The molecule has 0 aliphatic heterocycles. The van der Waals surface area contributed by atoms with Crippen molar-refractivity contribution in [1.82, 2.24) is 0 Å². The van der Waals surface area contributed by atoms with E-state index in [0.717, 1.165) is 12.1 Å². The van der Waals surface area contributed by atoms with Crippen molar-refractivity contribution in [2.24, 2.45) is 0 Å². The summed E-state index contributed by atoms with van der Waals surface area (Å²) >= 11 is 5.89. The molecule has 0 heterocycles. The zero-order valence-corrected chi connectivity index (χ0v) is 9.71. The van der Waals surface area contributed by atoms with Gasteiger partial charge in [0.1, 0.15) is 11.6 Å². The Balaban J connectivity index is 2.62. The molecule has 2 rings (SSSR count). The highest BCUT2D eigenvalue weighted by molar-refractivity contribution is 6.33. The monoisotopic (exact) mass is 268 g/mol. The van der Waals surface area contributed by atoms with Gasteiger partial charge in [0.25, 0.3) is 0 Å². The molecular weight excluding hydrogens is 262 g/mol. The van der Waals surface area contributed by atoms with Crippen LogP contribution in [0.4, 0.5) is 8.78 Å². The number of carboxylic acid groups (broad SMARTS) is 1. The Kier molecular flexibility index (Phi) is 3.30. The van der Waals surface area contributed by atoms with E-state index in [0.29, 0.717) is 0 Å². The third kappa shape index (κ3) is 2.33. The molecule has 0 unspecified atom stereocenters. The summed E-state index contributed by atoms with van der Waals surface area (Å²) in [7, 11) is 0. The Morgan fingerprint density at radius 3 is 2.39 bits per heavy atom. The molecule has 5 heteroatoms. The van der Waals surface area contributed by atoms with Crippen molar-refractivity contribution < 1.29 is 18.7 Å². The summed E-state index contributed by atoms with van der Waals surface area (Å²) in [5.74, 6) is -2.64. The summed E-state index contributed by atoms with van der Waals surface area (Å²) in [5.41, 5.74) is 0.261. The van der Waals surface area contributed by atoms with Crippen molar-refractivity contribution in [3.05, 3.63) is 58.6 Å². The van der Waals surface area contributed by atoms with Gasteiger partial charge in [0.2, 0.25) is 0 Å². The molecule has 92 valence electrons. The standard InChI is InChI=1S/C13H7ClF2O2/c14-11-4-1-7(13(17)18)5-10(11)9-3-2-8(15)6-12(9)16/h1-6H,(H,17,18). The first-order chi connectivity index (χ1) is 8.49. The summed E-state index contributed by atoms with van der Waals surface area (Å²) < 4.78 is 26.4. The van der Waals surface area contributed by atoms with Gasteiger partial charge in [0.15, 0.2) is 0 Å². The van der Waals surface area contributed by atoms with Crippen LogP contribution in [-0.4, -0.2) is 11.1 Å². The quantitative estimate of drug-likeness (QED) is 0.894. The average Bonchev–Trinajstić information content (AvgIpc) is 2.30. The highest BCUT2D eigenvalue weighted by Crippen LogP contribution is 2.31. The van der Waals surface area contributed by atoms with Crippen LogP contribution in [0.3, 0.4) is 0 Å². The lowest BCUT2D eigenvalue weighted by molar-refractivity contribution is 0.0697. The van der Waals surface area contributed by atoms with Crippen LogP contribution in [-0.2, 0) is 0 Å². The fourth-order valence-electron chi connectivity index (χ4n) is 1.57. The van der Waals surface area contributed by atoms with Crippen LogP contribution in [0, 0.1) is 11.6 Å². The molecule has 0 radical (unpaired) electrons. The molecular formula is C13H7ClF2O2. The van der Waals surface area contributed by atoms with Crippen molar-refractivity contribution in [3.8, 4) is 11.1 Å². The van der Waals surface area contributed by atoms with Gasteiger partial charge in [-0.25, -0.2) is 13.6 Å². The lowest BCUT2D eigenvalue weighted by Crippen LogP contribution is -1.97. The number of benzene rings is 2. The molecule has 0 fully saturated rings. The minimum Gasteiger partial charge on any atom is -0.478 e. The predicted octanol–water partition coefficient (Wildman–Crippen LogP) is 3.98. The van der Waals surface area contributed by atoms with Gasteiger partial charge in [-0.3, -0.25) is 0 Å². The average molecular weight is 269 g/mol. The van der Waals surface area contributed by atoms with Crippen LogP contribution in [0.1, 0.15) is 10.4 Å². The number of aromatic carboxylic acids is 1. The first kappa shape index (κ1) is 12.5. The lowest BCUT2D eigenvalue weighted by Gasteiger charge is -2.07. The number of hydrogen-bond acceptors (Lipinski definition) is 1. The molecule has 1 N–H and O–H groups in total. The van der Waals surface area contributed by atoms with Gasteiger partial charge in [-0.2, -0.15) is 0 Å². The van der Waals surface area contributed by atoms with Gasteiger partial charge in [-0.15, -0.1) is 0 Å². The molecule has 0 aliphatic carbocycles. The van der Waals surface area contributed by atoms with Gasteiger partial charge in [-0.1, -0.05) is 11.6 Å². The molecule has 0 saturated carbocycles. The smallest absolute Gasteiger partial charge is 0.335 e. The highest BCUT2D eigenvalue weighted by atomic mass is 35.5. The second-order valence-electron chi connectivity index (χ2n) is 3.62. The second-order valence-corrected chi connectivity index (χ2v) is 4.03. The van der Waals surface area contributed by atoms with Crippen molar-refractivity contribution in [3.63, 3.8) is 0 Å². The minimum absolute atomic E-state index is 0.0156. The second kappa shape index (κ2) is 4.74. The topological polar surface area (TPSA) is 37.3 Å². The number of carbonyl (C=O) groups is 1. The molecule has 0 amide bonds. The van der Waals surface area contributed by atoms with E-state index in [2.05, 4.69) is 0 Å². The van der Waals surface area contributed by atoms with E-state index in [1.807, 2.05) is 0 Å². The predicted molar refractivity (Wildman–Crippen MR) is 63.8 cm³/mol. The first-order valence-electron chi connectivity index (χ1n) is 4.97. The summed E-state index contributed by atoms with van der Waals surface area (Å²) in [5, 5.41) is 9.06. The van der Waals surface area contributed by atoms with E-state index in [9.17, 15) is 13.6 Å². The molecule has 0 atom stereocenters. The maximum atomic E-state index is 13.6. The number of rotatable bonds is 2. The van der Waals surface area contributed by atoms with E-state index < -0.39 is 17.6 Å². The Morgan fingerprint density at radius 1 is 1.06 bits per heavy atom. The van der Waals surface area contributed by atoms with E-state index in [-0.39, 0.29) is 21.7 Å². The van der Waals surface area contributed by atoms with Crippen LogP contribution in [0.25, 0.3) is 11.1 Å². The Hall–Kier alpha value is -1.94. The van der Waals surface area contributed by atoms with Crippen LogP contribution >= 0.6 is 11.6 Å². The maximum Gasteiger partial charge on any atom is 0.335 e. The van der Waals surface area contributed by atoms with Gasteiger partial charge < -0.3 is 5.11 Å². The van der Waals surface area contributed by atoms with Gasteiger partial charge in [0.05, 0.1) is 5.56 Å². The first-order valence-corrected chi connectivity index (χ1v) is 5.35. The largest absolute Gasteiger partial charge is 0.478 e. The van der Waals surface area contributed by atoms with Crippen molar-refractivity contribution in [1.29, 1.82) is 0 Å². The highest BCUT2D eigenvalue weighted by Gasteiger charge is 2.13. The molecule has 2 aromatic rings. The van der Waals surface area contributed by atoms with Crippen LogP contribution in [0.15, 0.2) is 36.4 Å². The number of hydrogen-bond donors (Lipinski definition) is 1. The molecule has 0 aliphatic rings. The maximum absolute atomic E-state index is 13.6. The fraction of sp³-hybridized carbons (Fsp3) is 0. The Bertz CT molecular complexity index is 626. The minimum atomic E-state index is -1.14. The summed E-state index contributed by atoms with van der Waals surface area (Å²) in [6.45, 7) is 0. The van der Waals surface area contributed by atoms with Gasteiger partial charge in [-0.05, 0) is 30.3 Å². The molecule has 0 spiro atoms. The fourth-order valence-corrected chi connectivity index (χ4v) is 1.79. The lowest BCUT2D eigenvalue weighted by atomic mass is 10.0. The van der Waals surface area contributed by atoms with Crippen LogP contribution < -0.4 is 0 Å². The van der Waals surface area contributed by atoms with Gasteiger partial charge in [0, 0.05) is 22.2 Å². The van der Waals surface area contributed by atoms with Crippen LogP contribution in [0.2, 0.25) is 5.02 Å². The summed E-state index contributed by atoms with van der Waals surface area (Å²) in [4.78, 5) is 10.8. The third-order valence-corrected chi connectivity index (χ3v) is 2.76. The van der Waals surface area contributed by atoms with Crippen LogP contribution in [0.5, 0.6) is 0 Å². The number of carboxylic acids is 1. The molecule has 0 aromatic heterocycles. The third-order valence-electron chi connectivity index (χ3n) is 2.43. The van der Waals surface area contributed by atoms with E-state index in [1.165, 1.54) is 24.3 Å². The number of halogens is 3. The van der Waals surface area contributed by atoms with E-state index in [1.54, 1.807) is 0 Å². The van der Waals surface area contributed by atoms with Crippen molar-refractivity contribution >= 4 is 17.6 Å². The van der Waals surface area contributed by atoms with E-state index >= 15 is 0 Å². The molecule has 0 bridgehead atoms. The van der Waals surface area contributed by atoms with Crippen molar-refractivity contribution in [2.45, 2.75) is 0 Å². The molecule has 2 nitrogen and oxygen atoms in total.